The van der Waals surface area contributed by atoms with E-state index in [-0.39, 0.29) is 5.91 Å². The third-order valence-electron chi connectivity index (χ3n) is 3.80. The van der Waals surface area contributed by atoms with Crippen molar-refractivity contribution >= 4 is 28.3 Å². The number of carbonyl (C=O) groups is 1. The Bertz CT molecular complexity index is 663. The molecule has 3 rings (SSSR count). The van der Waals surface area contributed by atoms with Crippen LogP contribution < -0.4 is 10.6 Å². The molecule has 22 heavy (non-hydrogen) atoms. The van der Waals surface area contributed by atoms with Gasteiger partial charge in [0.2, 0.25) is 5.13 Å². The van der Waals surface area contributed by atoms with Crippen molar-refractivity contribution in [3.63, 3.8) is 0 Å². The Labute approximate surface area is 133 Å². The summed E-state index contributed by atoms with van der Waals surface area (Å²) in [7, 11) is 0. The number of anilines is 2. The maximum absolute atomic E-state index is 12.5. The van der Waals surface area contributed by atoms with Crippen LogP contribution in [0.4, 0.5) is 10.8 Å². The molecule has 0 aliphatic carbocycles. The first-order valence-corrected chi connectivity index (χ1v) is 8.17. The van der Waals surface area contributed by atoms with Crippen LogP contribution in [-0.2, 0) is 6.42 Å². The van der Waals surface area contributed by atoms with Crippen molar-refractivity contribution in [3.05, 3.63) is 35.7 Å². The Kier molecular flexibility index (Phi) is 4.24. The molecule has 1 aromatic carbocycles. The maximum Gasteiger partial charge on any atom is 0.256 e. The standard InChI is InChI=1S/C15H19N5OS/c1-2-13-17-15(22-18-13)20-9-7-19(8-10-20)14(21)11-5-3-4-6-12(11)16/h3-6H,2,7-10,16H2,1H3. The molecule has 1 aliphatic heterocycles. The molecule has 1 aliphatic rings. The van der Waals surface area contributed by atoms with Gasteiger partial charge >= 0.3 is 0 Å². The lowest BCUT2D eigenvalue weighted by molar-refractivity contribution is 0.0748. The van der Waals surface area contributed by atoms with Gasteiger partial charge in [-0.05, 0) is 12.1 Å². The molecule has 0 radical (unpaired) electrons. The van der Waals surface area contributed by atoms with Crippen LogP contribution in [0.2, 0.25) is 0 Å². The zero-order valence-electron chi connectivity index (χ0n) is 12.5. The number of carbonyl (C=O) groups excluding carboxylic acids is 1. The minimum absolute atomic E-state index is 0.00395. The van der Waals surface area contributed by atoms with Gasteiger partial charge in [0.25, 0.3) is 5.91 Å². The Balaban J connectivity index is 1.64. The van der Waals surface area contributed by atoms with Gasteiger partial charge in [-0.3, -0.25) is 4.79 Å². The van der Waals surface area contributed by atoms with Gasteiger partial charge in [0, 0.05) is 49.8 Å². The molecular weight excluding hydrogens is 298 g/mol. The number of benzene rings is 1. The largest absolute Gasteiger partial charge is 0.398 e. The predicted molar refractivity (Wildman–Crippen MR) is 88.3 cm³/mol. The molecule has 0 bridgehead atoms. The number of nitrogens with two attached hydrogens (primary N) is 1. The summed E-state index contributed by atoms with van der Waals surface area (Å²) in [5.74, 6) is 0.889. The summed E-state index contributed by atoms with van der Waals surface area (Å²) >= 11 is 1.43. The van der Waals surface area contributed by atoms with E-state index in [1.807, 2.05) is 24.0 Å². The van der Waals surface area contributed by atoms with Crippen LogP contribution in [0.5, 0.6) is 0 Å². The molecule has 1 saturated heterocycles. The summed E-state index contributed by atoms with van der Waals surface area (Å²) in [5, 5.41) is 0.947. The Morgan fingerprint density at radius 3 is 2.64 bits per heavy atom. The third-order valence-corrected chi connectivity index (χ3v) is 4.62. The van der Waals surface area contributed by atoms with Crippen LogP contribution in [0.3, 0.4) is 0 Å². The molecule has 1 aromatic heterocycles. The Morgan fingerprint density at radius 2 is 2.00 bits per heavy atom. The van der Waals surface area contributed by atoms with E-state index in [9.17, 15) is 4.79 Å². The molecule has 7 heteroatoms. The van der Waals surface area contributed by atoms with Crippen molar-refractivity contribution < 1.29 is 4.79 Å². The molecule has 2 heterocycles. The SMILES string of the molecule is CCc1nsc(N2CCN(C(=O)c3ccccc3N)CC2)n1. The highest BCUT2D eigenvalue weighted by Gasteiger charge is 2.24. The summed E-state index contributed by atoms with van der Waals surface area (Å²) in [6.45, 7) is 4.95. The van der Waals surface area contributed by atoms with E-state index in [1.165, 1.54) is 11.5 Å². The molecule has 0 atom stereocenters. The highest BCUT2D eigenvalue weighted by molar-refractivity contribution is 7.09. The second kappa shape index (κ2) is 6.31. The van der Waals surface area contributed by atoms with Crippen molar-refractivity contribution in [1.82, 2.24) is 14.3 Å². The first-order chi connectivity index (χ1) is 10.7. The molecule has 0 spiro atoms. The molecule has 0 unspecified atom stereocenters. The van der Waals surface area contributed by atoms with Crippen LogP contribution >= 0.6 is 11.5 Å². The van der Waals surface area contributed by atoms with Gasteiger partial charge in [-0.25, -0.2) is 4.98 Å². The fourth-order valence-electron chi connectivity index (χ4n) is 2.48. The summed E-state index contributed by atoms with van der Waals surface area (Å²) in [4.78, 5) is 21.1. The Morgan fingerprint density at radius 1 is 1.27 bits per heavy atom. The quantitative estimate of drug-likeness (QED) is 0.871. The number of rotatable bonds is 3. The van der Waals surface area contributed by atoms with Crippen LogP contribution in [0.25, 0.3) is 0 Å². The molecule has 1 fully saturated rings. The number of aromatic nitrogens is 2. The number of hydrogen-bond acceptors (Lipinski definition) is 6. The second-order valence-corrected chi connectivity index (χ2v) is 5.94. The van der Waals surface area contributed by atoms with Crippen LogP contribution in [0.1, 0.15) is 23.1 Å². The maximum atomic E-state index is 12.5. The minimum Gasteiger partial charge on any atom is -0.398 e. The zero-order valence-corrected chi connectivity index (χ0v) is 13.3. The lowest BCUT2D eigenvalue weighted by Crippen LogP contribution is -2.48. The van der Waals surface area contributed by atoms with Gasteiger partial charge in [0.15, 0.2) is 0 Å². The first kappa shape index (κ1) is 14.8. The molecule has 0 saturated carbocycles. The number of amides is 1. The normalized spacial score (nSPS) is 15.1. The molecular formula is C15H19N5OS. The second-order valence-electron chi connectivity index (χ2n) is 5.21. The van der Waals surface area contributed by atoms with E-state index in [0.717, 1.165) is 30.5 Å². The minimum atomic E-state index is 0.00395. The smallest absolute Gasteiger partial charge is 0.256 e. The van der Waals surface area contributed by atoms with Crippen LogP contribution in [0, 0.1) is 0 Å². The van der Waals surface area contributed by atoms with Crippen molar-refractivity contribution in [2.75, 3.05) is 36.8 Å². The van der Waals surface area contributed by atoms with E-state index >= 15 is 0 Å². The first-order valence-electron chi connectivity index (χ1n) is 7.40. The zero-order chi connectivity index (χ0) is 15.5. The van der Waals surface area contributed by atoms with Crippen molar-refractivity contribution in [3.8, 4) is 0 Å². The average Bonchev–Trinajstić information content (AvgIpc) is 3.04. The number of nitrogen functional groups attached to an aromatic ring is 1. The lowest BCUT2D eigenvalue weighted by Gasteiger charge is -2.34. The fraction of sp³-hybridized carbons (Fsp3) is 0.400. The van der Waals surface area contributed by atoms with Gasteiger partial charge < -0.3 is 15.5 Å². The Hall–Kier alpha value is -2.15. The summed E-state index contributed by atoms with van der Waals surface area (Å²) < 4.78 is 4.32. The summed E-state index contributed by atoms with van der Waals surface area (Å²) in [5.41, 5.74) is 7.01. The number of hydrogen-bond donors (Lipinski definition) is 1. The average molecular weight is 317 g/mol. The van der Waals surface area contributed by atoms with Gasteiger partial charge in [-0.2, -0.15) is 4.37 Å². The van der Waals surface area contributed by atoms with Gasteiger partial charge in [0.05, 0.1) is 5.56 Å². The number of para-hydroxylation sites is 1. The van der Waals surface area contributed by atoms with Gasteiger partial charge in [-0.15, -0.1) is 0 Å². The van der Waals surface area contributed by atoms with E-state index < -0.39 is 0 Å². The van der Waals surface area contributed by atoms with E-state index in [2.05, 4.69) is 14.3 Å². The summed E-state index contributed by atoms with van der Waals surface area (Å²) in [6.07, 6.45) is 0.849. The monoisotopic (exact) mass is 317 g/mol. The van der Waals surface area contributed by atoms with E-state index in [1.54, 1.807) is 12.1 Å². The predicted octanol–water partition coefficient (Wildman–Crippen LogP) is 1.65. The molecule has 2 aromatic rings. The van der Waals surface area contributed by atoms with Crippen molar-refractivity contribution in [1.29, 1.82) is 0 Å². The van der Waals surface area contributed by atoms with Crippen molar-refractivity contribution in [2.24, 2.45) is 0 Å². The highest BCUT2D eigenvalue weighted by Crippen LogP contribution is 2.21. The number of nitrogens with zero attached hydrogens (tertiary/aromatic N) is 4. The molecule has 116 valence electrons. The van der Waals surface area contributed by atoms with E-state index in [4.69, 9.17) is 5.73 Å². The van der Waals surface area contributed by atoms with Crippen LogP contribution in [0.15, 0.2) is 24.3 Å². The lowest BCUT2D eigenvalue weighted by atomic mass is 10.1. The number of piperazine rings is 1. The molecule has 6 nitrogen and oxygen atoms in total. The highest BCUT2D eigenvalue weighted by atomic mass is 32.1. The van der Waals surface area contributed by atoms with E-state index in [0.29, 0.717) is 24.3 Å². The number of aryl methyl sites for hydroxylation is 1. The fourth-order valence-corrected chi connectivity index (χ4v) is 3.28. The van der Waals surface area contributed by atoms with Gasteiger partial charge in [0.1, 0.15) is 5.82 Å². The van der Waals surface area contributed by atoms with Gasteiger partial charge in [-0.1, -0.05) is 19.1 Å². The summed E-state index contributed by atoms with van der Waals surface area (Å²) in [6, 6.07) is 7.22. The topological polar surface area (TPSA) is 75.4 Å². The molecule has 1 amide bonds. The van der Waals surface area contributed by atoms with Crippen molar-refractivity contribution in [2.45, 2.75) is 13.3 Å². The van der Waals surface area contributed by atoms with Crippen LogP contribution in [-0.4, -0.2) is 46.3 Å². The third kappa shape index (κ3) is 2.89. The molecule has 2 N–H and O–H groups in total.